The van der Waals surface area contributed by atoms with Gasteiger partial charge in [-0.05, 0) is 37.1 Å². The van der Waals surface area contributed by atoms with Gasteiger partial charge in [-0.3, -0.25) is 0 Å². The second-order valence-corrected chi connectivity index (χ2v) is 4.29. The number of hydrogen-bond donors (Lipinski definition) is 0. The van der Waals surface area contributed by atoms with Gasteiger partial charge in [0.1, 0.15) is 0 Å². The number of esters is 1. The molecule has 0 amide bonds. The molecule has 1 aromatic carbocycles. The van der Waals surface area contributed by atoms with Crippen LogP contribution < -0.4 is 9.47 Å². The minimum absolute atomic E-state index is 0.327. The van der Waals surface area contributed by atoms with Crippen LogP contribution in [0, 0.1) is 0 Å². The summed E-state index contributed by atoms with van der Waals surface area (Å²) in [6.07, 6.45) is 2.37. The number of fused-ring (bicyclic) bond motifs is 1. The van der Waals surface area contributed by atoms with Crippen LogP contribution in [-0.2, 0) is 9.53 Å². The summed E-state index contributed by atoms with van der Waals surface area (Å²) in [5, 5.41) is 0. The average molecular weight is 262 g/mol. The second-order valence-electron chi connectivity index (χ2n) is 4.29. The molecule has 0 N–H and O–H groups in total. The molecular weight excluding hydrogens is 244 g/mol. The van der Waals surface area contributed by atoms with E-state index in [1.54, 1.807) is 6.92 Å². The van der Waals surface area contributed by atoms with Gasteiger partial charge in [-0.1, -0.05) is 6.07 Å². The van der Waals surface area contributed by atoms with Crippen molar-refractivity contribution in [2.24, 2.45) is 0 Å². The molecule has 1 heterocycles. The van der Waals surface area contributed by atoms with Crippen molar-refractivity contribution >= 4 is 11.5 Å². The number of carbonyl (C=O) groups is 1. The monoisotopic (exact) mass is 262 g/mol. The van der Waals surface area contributed by atoms with Gasteiger partial charge in [0.25, 0.3) is 0 Å². The Balaban J connectivity index is 2.21. The summed E-state index contributed by atoms with van der Waals surface area (Å²) in [6, 6.07) is 5.68. The summed E-state index contributed by atoms with van der Waals surface area (Å²) in [7, 11) is 0. The third-order valence-electron chi connectivity index (χ3n) is 2.82. The van der Waals surface area contributed by atoms with Gasteiger partial charge in [-0.25, -0.2) is 4.79 Å². The molecule has 2 rings (SSSR count). The molecule has 0 atom stereocenters. The van der Waals surface area contributed by atoms with Crippen LogP contribution in [0.25, 0.3) is 5.57 Å². The van der Waals surface area contributed by atoms with Crippen LogP contribution in [0.5, 0.6) is 11.5 Å². The van der Waals surface area contributed by atoms with Crippen molar-refractivity contribution in [3.8, 4) is 11.5 Å². The Morgan fingerprint density at radius 2 is 2.05 bits per heavy atom. The largest absolute Gasteiger partial charge is 0.490 e. The molecule has 0 radical (unpaired) electrons. The molecule has 0 spiro atoms. The molecule has 19 heavy (non-hydrogen) atoms. The second kappa shape index (κ2) is 6.27. The Morgan fingerprint density at radius 3 is 2.79 bits per heavy atom. The van der Waals surface area contributed by atoms with Gasteiger partial charge in [0.05, 0.1) is 19.8 Å². The van der Waals surface area contributed by atoms with E-state index in [-0.39, 0.29) is 5.97 Å². The molecule has 4 nitrogen and oxygen atoms in total. The third kappa shape index (κ3) is 3.50. The zero-order valence-corrected chi connectivity index (χ0v) is 11.3. The van der Waals surface area contributed by atoms with Crippen LogP contribution in [0.1, 0.15) is 25.8 Å². The van der Waals surface area contributed by atoms with E-state index in [9.17, 15) is 4.79 Å². The molecule has 0 saturated carbocycles. The quantitative estimate of drug-likeness (QED) is 0.620. The molecular formula is C15H18O4. The first-order valence-electron chi connectivity index (χ1n) is 6.46. The smallest absolute Gasteiger partial charge is 0.331 e. The van der Waals surface area contributed by atoms with E-state index in [0.717, 1.165) is 29.1 Å². The summed E-state index contributed by atoms with van der Waals surface area (Å²) in [4.78, 5) is 11.4. The highest BCUT2D eigenvalue weighted by molar-refractivity contribution is 5.91. The lowest BCUT2D eigenvalue weighted by Gasteiger charge is -2.09. The van der Waals surface area contributed by atoms with Gasteiger partial charge < -0.3 is 14.2 Å². The number of hydrogen-bond acceptors (Lipinski definition) is 4. The lowest BCUT2D eigenvalue weighted by Crippen LogP contribution is -2.00. The van der Waals surface area contributed by atoms with Crippen molar-refractivity contribution in [2.45, 2.75) is 20.3 Å². The van der Waals surface area contributed by atoms with Crippen molar-refractivity contribution in [2.75, 3.05) is 19.8 Å². The Labute approximate surface area is 113 Å². The van der Waals surface area contributed by atoms with E-state index < -0.39 is 0 Å². The molecule has 0 bridgehead atoms. The normalized spacial score (nSPS) is 14.7. The maximum absolute atomic E-state index is 11.4. The van der Waals surface area contributed by atoms with E-state index in [1.807, 2.05) is 25.1 Å². The fraction of sp³-hybridized carbons (Fsp3) is 0.400. The van der Waals surface area contributed by atoms with E-state index in [0.29, 0.717) is 19.8 Å². The molecule has 0 aliphatic carbocycles. The van der Waals surface area contributed by atoms with E-state index in [1.165, 1.54) is 6.08 Å². The van der Waals surface area contributed by atoms with Crippen LogP contribution in [0.4, 0.5) is 0 Å². The summed E-state index contributed by atoms with van der Waals surface area (Å²) >= 11 is 0. The standard InChI is InChI=1S/C15H18O4/c1-3-17-15(16)9-11(2)12-5-6-13-14(10-12)19-8-4-7-18-13/h5-6,9-10H,3-4,7-8H2,1-2H3/b11-9-. The third-order valence-corrected chi connectivity index (χ3v) is 2.82. The molecule has 0 aromatic heterocycles. The van der Waals surface area contributed by atoms with Gasteiger partial charge in [-0.15, -0.1) is 0 Å². The Morgan fingerprint density at radius 1 is 1.32 bits per heavy atom. The van der Waals surface area contributed by atoms with Crippen molar-refractivity contribution in [3.63, 3.8) is 0 Å². The average Bonchev–Trinajstić information content (AvgIpc) is 2.63. The Kier molecular flexibility index (Phi) is 4.44. The fourth-order valence-electron chi connectivity index (χ4n) is 1.85. The maximum Gasteiger partial charge on any atom is 0.331 e. The van der Waals surface area contributed by atoms with Gasteiger partial charge in [-0.2, -0.15) is 0 Å². The van der Waals surface area contributed by atoms with E-state index in [2.05, 4.69) is 0 Å². The van der Waals surface area contributed by atoms with Gasteiger partial charge >= 0.3 is 5.97 Å². The van der Waals surface area contributed by atoms with Crippen LogP contribution in [0.15, 0.2) is 24.3 Å². The molecule has 1 aliphatic heterocycles. The molecule has 1 aliphatic rings. The maximum atomic E-state index is 11.4. The van der Waals surface area contributed by atoms with E-state index in [4.69, 9.17) is 14.2 Å². The first-order chi connectivity index (χ1) is 9.20. The van der Waals surface area contributed by atoms with Gasteiger partial charge in [0.15, 0.2) is 11.5 Å². The first kappa shape index (κ1) is 13.5. The first-order valence-corrected chi connectivity index (χ1v) is 6.46. The molecule has 0 saturated heterocycles. The number of carbonyl (C=O) groups excluding carboxylic acids is 1. The predicted octanol–water partition coefficient (Wildman–Crippen LogP) is 2.81. The lowest BCUT2D eigenvalue weighted by molar-refractivity contribution is -0.137. The number of allylic oxidation sites excluding steroid dienone is 1. The Hall–Kier alpha value is -1.97. The number of benzene rings is 1. The highest BCUT2D eigenvalue weighted by Gasteiger charge is 2.11. The molecule has 4 heteroatoms. The zero-order chi connectivity index (χ0) is 13.7. The zero-order valence-electron chi connectivity index (χ0n) is 11.3. The van der Waals surface area contributed by atoms with Crippen molar-refractivity contribution in [3.05, 3.63) is 29.8 Å². The van der Waals surface area contributed by atoms with Crippen LogP contribution in [0.2, 0.25) is 0 Å². The van der Waals surface area contributed by atoms with Crippen molar-refractivity contribution in [1.82, 2.24) is 0 Å². The van der Waals surface area contributed by atoms with Gasteiger partial charge in [0.2, 0.25) is 0 Å². The van der Waals surface area contributed by atoms with Crippen LogP contribution in [0.3, 0.4) is 0 Å². The summed E-state index contributed by atoms with van der Waals surface area (Å²) in [5.41, 5.74) is 1.77. The minimum atomic E-state index is -0.327. The minimum Gasteiger partial charge on any atom is -0.490 e. The topological polar surface area (TPSA) is 44.8 Å². The highest BCUT2D eigenvalue weighted by Crippen LogP contribution is 2.32. The highest BCUT2D eigenvalue weighted by atomic mass is 16.5. The number of ether oxygens (including phenoxy) is 3. The van der Waals surface area contributed by atoms with Crippen molar-refractivity contribution in [1.29, 1.82) is 0 Å². The van der Waals surface area contributed by atoms with Crippen molar-refractivity contribution < 1.29 is 19.0 Å². The molecule has 0 unspecified atom stereocenters. The molecule has 0 fully saturated rings. The van der Waals surface area contributed by atoms with E-state index >= 15 is 0 Å². The summed E-state index contributed by atoms with van der Waals surface area (Å²) in [5.74, 6) is 1.16. The molecule has 102 valence electrons. The Bertz CT molecular complexity index is 491. The summed E-state index contributed by atoms with van der Waals surface area (Å²) < 4.78 is 16.1. The fourth-order valence-corrected chi connectivity index (χ4v) is 1.85. The SMILES string of the molecule is CCOC(=O)/C=C(/C)c1ccc2c(c1)OCCCO2. The van der Waals surface area contributed by atoms with Crippen LogP contribution in [-0.4, -0.2) is 25.8 Å². The number of rotatable bonds is 3. The molecule has 1 aromatic rings. The predicted molar refractivity (Wildman–Crippen MR) is 72.3 cm³/mol. The van der Waals surface area contributed by atoms with Gasteiger partial charge in [0, 0.05) is 12.5 Å². The summed E-state index contributed by atoms with van der Waals surface area (Å²) in [6.45, 7) is 5.36. The van der Waals surface area contributed by atoms with Crippen LogP contribution >= 0.6 is 0 Å². The lowest BCUT2D eigenvalue weighted by atomic mass is 10.1.